The molecular weight excluding hydrogens is 1850 g/mol. The summed E-state index contributed by atoms with van der Waals surface area (Å²) in [4.78, 5) is 16.9. The van der Waals surface area contributed by atoms with Crippen molar-refractivity contribution in [3.05, 3.63) is 208 Å². The van der Waals surface area contributed by atoms with E-state index >= 15 is 0 Å². The highest BCUT2D eigenvalue weighted by atomic mass is 127. The van der Waals surface area contributed by atoms with Crippen LogP contribution in [0.4, 0.5) is 11.4 Å². The summed E-state index contributed by atoms with van der Waals surface area (Å²) in [5.74, 6) is 1.23. The molecule has 10 heterocycles. The number of hydrogen-bond donors (Lipinski definition) is 4. The van der Waals surface area contributed by atoms with E-state index in [2.05, 4.69) is 127 Å². The molecule has 0 unspecified atom stereocenters. The predicted molar refractivity (Wildman–Crippen MR) is 491 cm³/mol. The molecule has 4 aliphatic rings. The van der Waals surface area contributed by atoms with Gasteiger partial charge in [-0.25, -0.2) is 19.9 Å². The van der Waals surface area contributed by atoms with Crippen molar-refractivity contribution in [2.75, 3.05) is 38.9 Å². The topological polar surface area (TPSA) is 253 Å². The Kier molecular flexibility index (Phi) is 27.3. The standard InChI is InChI=1S/C21H19BClNO3.C16H12BrClN2O.C15H7BrClNO.C12H24B2O4.C11H11BO3.C5H3BrClIN2.C4H8O.H2/c1-20(2)21(3,4)27-22(26-20)19-18-14-9-12-7-5-6-8-13(12)10-15(14)25-16(18)11-17(23)24-19;1-21-13-7-10-5-3-2-4-9(10)6-11(13)15-12(19)8-14(18)20-16(15)17;16-15-14-10-5-8-3-1-2-4-9(8)6-11(10)19-12(14)7-13(17)18-15;1-9(2)10(3,4)16-13(15-9)14-17-11(5,6)12(7,8)18-14;1-15-11-7-9-5-3-2-4-8(9)6-10(11)12(13)14;6-5-4(8)2(9)1-3(7)10-5;1-2-4-5-3-1;/h5-11H,1-4H3;2-8H,1H3,(H2,19,20);1-7H;1-8H3;2-7,13-14H,1H3;1H,(H2,9,10);1-4H2;1H/i;;;;;;;1+1. The predicted octanol–water partition coefficient (Wildman–Crippen LogP) is 22.0. The van der Waals surface area contributed by atoms with E-state index in [4.69, 9.17) is 109 Å². The third kappa shape index (κ3) is 19.5. The first-order chi connectivity index (χ1) is 54.3. The first-order valence-corrected chi connectivity index (χ1v) is 41.8. The van der Waals surface area contributed by atoms with Gasteiger partial charge in [0.1, 0.15) is 68.3 Å². The zero-order valence-electron chi connectivity index (χ0n) is 65.7. The van der Waals surface area contributed by atoms with Gasteiger partial charge in [0.15, 0.2) is 0 Å². The number of nitrogen functional groups attached to an aromatic ring is 2. The fraction of sp³-hybridized carbons (Fsp3) is 0.286. The number of benzene rings is 8. The zero-order chi connectivity index (χ0) is 83.0. The highest BCUT2D eigenvalue weighted by Gasteiger charge is 2.64. The molecule has 598 valence electrons. The molecule has 31 heteroatoms. The van der Waals surface area contributed by atoms with E-state index < -0.39 is 39.5 Å². The number of furan rings is 2. The summed E-state index contributed by atoms with van der Waals surface area (Å²) < 4.78 is 66.7. The minimum absolute atomic E-state index is 0. The first-order valence-electron chi connectivity index (χ1n) is 36.8. The van der Waals surface area contributed by atoms with Gasteiger partial charge in [-0.1, -0.05) is 150 Å². The van der Waals surface area contributed by atoms with Crippen LogP contribution in [0.1, 0.15) is 97.4 Å². The summed E-state index contributed by atoms with van der Waals surface area (Å²) in [6.45, 7) is 26.3. The maximum Gasteiger partial charge on any atom is 0.515 e. The molecule has 0 bridgehead atoms. The number of nitrogens with two attached hydrogens (primary N) is 2. The van der Waals surface area contributed by atoms with E-state index in [1.807, 2.05) is 180 Å². The van der Waals surface area contributed by atoms with Crippen LogP contribution in [-0.2, 0) is 32.7 Å². The molecule has 115 heavy (non-hydrogen) atoms. The molecule has 0 amide bonds. The molecule has 14 aromatic rings. The number of rotatable bonds is 6. The highest BCUT2D eigenvalue weighted by molar-refractivity contribution is 14.1. The van der Waals surface area contributed by atoms with Crippen molar-refractivity contribution < 1.29 is 62.4 Å². The number of ether oxygens (including phenoxy) is 3. The van der Waals surface area contributed by atoms with Gasteiger partial charge in [-0.2, -0.15) is 0 Å². The van der Waals surface area contributed by atoms with Crippen LogP contribution in [0, 0.1) is 3.57 Å². The van der Waals surface area contributed by atoms with Crippen molar-refractivity contribution in [1.82, 2.24) is 19.9 Å². The number of pyridine rings is 4. The molecule has 4 aliphatic heterocycles. The van der Waals surface area contributed by atoms with Gasteiger partial charge >= 0.3 is 28.3 Å². The van der Waals surface area contributed by atoms with Gasteiger partial charge in [0.05, 0.1) is 68.1 Å². The lowest BCUT2D eigenvalue weighted by molar-refractivity contribution is 0.00578. The van der Waals surface area contributed by atoms with Crippen molar-refractivity contribution >= 4 is 254 Å². The summed E-state index contributed by atoms with van der Waals surface area (Å²) in [6, 6.07) is 54.8. The second kappa shape index (κ2) is 35.8. The van der Waals surface area contributed by atoms with Crippen LogP contribution in [0.5, 0.6) is 11.5 Å². The molecule has 4 saturated heterocycles. The molecule has 6 N–H and O–H groups in total. The van der Waals surface area contributed by atoms with E-state index in [-0.39, 0.29) is 23.8 Å². The number of anilines is 2. The summed E-state index contributed by atoms with van der Waals surface area (Å²) in [5.41, 5.74) is 16.3. The lowest BCUT2D eigenvalue weighted by atomic mass is 9.49. The number of hydrogen-bond acceptors (Lipinski definition) is 19. The van der Waals surface area contributed by atoms with Crippen molar-refractivity contribution in [3.63, 3.8) is 0 Å². The third-order valence-electron chi connectivity index (χ3n) is 21.2. The Morgan fingerprint density at radius 3 is 1.21 bits per heavy atom. The van der Waals surface area contributed by atoms with Gasteiger partial charge in [-0.15, -0.1) is 0 Å². The second-order valence-corrected chi connectivity index (χ2v) is 35.5. The highest BCUT2D eigenvalue weighted by Crippen LogP contribution is 2.46. The summed E-state index contributed by atoms with van der Waals surface area (Å²) in [6.07, 6.45) is 2.56. The molecular formula is C84H86B4Br3Cl4IN6O13. The molecule has 18 rings (SSSR count). The van der Waals surface area contributed by atoms with Gasteiger partial charge in [-0.3, -0.25) is 0 Å². The maximum atomic E-state index is 9.17. The van der Waals surface area contributed by atoms with Crippen LogP contribution < -0.4 is 32.0 Å². The fourth-order valence-electron chi connectivity index (χ4n) is 13.0. The van der Waals surface area contributed by atoms with Crippen LogP contribution >= 0.6 is 117 Å². The molecule has 0 radical (unpaired) electrons. The molecule has 0 saturated carbocycles. The first kappa shape index (κ1) is 87.7. The summed E-state index contributed by atoms with van der Waals surface area (Å²) in [7, 11) is 0.0805. The Bertz CT molecular complexity index is 5820. The summed E-state index contributed by atoms with van der Waals surface area (Å²) >= 11 is 36.0. The van der Waals surface area contributed by atoms with Crippen LogP contribution in [0.3, 0.4) is 0 Å². The third-order valence-corrected chi connectivity index (χ3v) is 25.6. The van der Waals surface area contributed by atoms with Crippen molar-refractivity contribution in [2.24, 2.45) is 0 Å². The van der Waals surface area contributed by atoms with Gasteiger partial charge in [0, 0.05) is 65.2 Å². The quantitative estimate of drug-likeness (QED) is 0.0686. The molecule has 0 aliphatic carbocycles. The molecule has 19 nitrogen and oxygen atoms in total. The van der Waals surface area contributed by atoms with E-state index in [1.54, 1.807) is 43.5 Å². The number of methoxy groups -OCH3 is 2. The molecule has 0 atom stereocenters. The minimum atomic E-state index is -1.51. The monoisotopic (exact) mass is 1940 g/mol. The average molecular weight is 1940 g/mol. The Morgan fingerprint density at radius 1 is 0.435 bits per heavy atom. The molecule has 0 spiro atoms. The van der Waals surface area contributed by atoms with E-state index in [1.165, 1.54) is 25.3 Å². The largest absolute Gasteiger partial charge is 0.515 e. The van der Waals surface area contributed by atoms with Crippen molar-refractivity contribution in [1.29, 1.82) is 0 Å². The Labute approximate surface area is 729 Å². The van der Waals surface area contributed by atoms with Crippen LogP contribution in [-0.4, -0.2) is 119 Å². The number of nitrogens with zero attached hydrogens (tertiary/aromatic N) is 4. The summed E-state index contributed by atoms with van der Waals surface area (Å²) in [5, 5.41) is 32.5. The molecule has 6 aromatic heterocycles. The van der Waals surface area contributed by atoms with Gasteiger partial charge in [0.25, 0.3) is 0 Å². The van der Waals surface area contributed by atoms with Gasteiger partial charge < -0.3 is 72.5 Å². The lowest BCUT2D eigenvalue weighted by Gasteiger charge is -2.32. The Balaban J connectivity index is 0.000000137. The van der Waals surface area contributed by atoms with Crippen LogP contribution in [0.2, 0.25) is 20.6 Å². The molecule has 8 aromatic carbocycles. The van der Waals surface area contributed by atoms with E-state index in [0.29, 0.717) is 68.2 Å². The van der Waals surface area contributed by atoms with Crippen LogP contribution in [0.15, 0.2) is 193 Å². The average Bonchev–Trinajstić information content (AvgIpc) is 1.58. The van der Waals surface area contributed by atoms with Crippen LogP contribution in [0.25, 0.3) is 98.1 Å². The number of fused-ring (bicyclic) bond motifs is 10. The Morgan fingerprint density at radius 2 is 0.791 bits per heavy atom. The van der Waals surface area contributed by atoms with Gasteiger partial charge in [-0.05, 0) is 264 Å². The SMILES string of the molecule is C1CCOC1.CC1(C)OB(B2OC(C)(C)C(C)(C)O2)OC1(C)C.CC1(C)OB(c2nc(Cl)cc3oc4cc5ccccc5cc4c23)OC1(C)C.COc1cc2ccccc2cc1-c1c(N)cc(Cl)nc1Br.COc1cc2ccccc2cc1B(O)O.Clc1cc2oc3cc4ccccc4cc3c2c(Br)n1.Nc1cc(Cl)nc(Br)c1I.[2HH]. The maximum absolute atomic E-state index is 9.17. The van der Waals surface area contributed by atoms with E-state index in [9.17, 15) is 10.0 Å². The number of aromatic nitrogens is 4. The van der Waals surface area contributed by atoms with Gasteiger partial charge in [0.2, 0.25) is 0 Å². The second-order valence-electron chi connectivity index (χ2n) is 30.6. The normalized spacial score (nSPS) is 16.6. The Hall–Kier alpha value is -6.57. The minimum Gasteiger partial charge on any atom is -0.497 e. The zero-order valence-corrected chi connectivity index (χ0v) is 75.6. The number of halogens is 8. The molecule has 4 fully saturated rings. The fourth-order valence-corrected chi connectivity index (χ4v) is 16.0. The lowest BCUT2D eigenvalue weighted by Crippen LogP contribution is -2.41. The smallest absolute Gasteiger partial charge is 0.497 e. The van der Waals surface area contributed by atoms with E-state index in [0.717, 1.165) is 110 Å². The van der Waals surface area contributed by atoms with Crippen molar-refractivity contribution in [2.45, 2.75) is 130 Å². The van der Waals surface area contributed by atoms with Crippen molar-refractivity contribution in [3.8, 4) is 22.6 Å².